The maximum Gasteiger partial charge on any atom is 0.173 e. The molecule has 0 aromatic carbocycles. The third-order valence-electron chi connectivity index (χ3n) is 3.14. The van der Waals surface area contributed by atoms with E-state index in [1.54, 1.807) is 16.9 Å². The number of hydrogen-bond donors (Lipinski definition) is 0. The number of Topliss-reactive ketones (excluding diaryl/α,β-unsaturated/α-hetero) is 1. The van der Waals surface area contributed by atoms with Crippen LogP contribution < -0.4 is 0 Å². The second-order valence-electron chi connectivity index (χ2n) is 3.94. The van der Waals surface area contributed by atoms with Crippen LogP contribution in [0.25, 0.3) is 0 Å². The van der Waals surface area contributed by atoms with E-state index >= 15 is 0 Å². The molecular weight excluding hydrogens is 180 g/mol. The van der Waals surface area contributed by atoms with E-state index in [4.69, 9.17) is 0 Å². The van der Waals surface area contributed by atoms with E-state index in [9.17, 15) is 4.79 Å². The van der Waals surface area contributed by atoms with Gasteiger partial charge in [0, 0.05) is 11.3 Å². The first-order valence-corrected chi connectivity index (χ1v) is 5.84. The van der Waals surface area contributed by atoms with Crippen LogP contribution in [0.1, 0.15) is 44.9 Å². The predicted molar refractivity (Wildman–Crippen MR) is 53.6 cm³/mol. The average Bonchev–Trinajstić information content (AvgIpc) is 2.67. The van der Waals surface area contributed by atoms with E-state index in [1.807, 2.05) is 0 Å². The summed E-state index contributed by atoms with van der Waals surface area (Å²) in [5, 5.41) is 0. The molecule has 3 rings (SSSR count). The molecule has 2 aliphatic carbocycles. The Morgan fingerprint density at radius 2 is 1.77 bits per heavy atom. The molecule has 0 radical (unpaired) electrons. The monoisotopic (exact) mass is 192 g/mol. The highest BCUT2D eigenvalue weighted by Gasteiger charge is 2.28. The Hall–Kier alpha value is -0.630. The van der Waals surface area contributed by atoms with E-state index in [0.717, 1.165) is 17.7 Å². The summed E-state index contributed by atoms with van der Waals surface area (Å²) in [6.07, 6.45) is 6.90. The summed E-state index contributed by atoms with van der Waals surface area (Å²) in [6, 6.07) is 0. The van der Waals surface area contributed by atoms with Gasteiger partial charge in [-0.15, -0.1) is 11.3 Å². The Bertz CT molecular complexity index is 376. The summed E-state index contributed by atoms with van der Waals surface area (Å²) in [5.41, 5.74) is 2.97. The van der Waals surface area contributed by atoms with Crippen molar-refractivity contribution in [3.63, 3.8) is 0 Å². The highest BCUT2D eigenvalue weighted by Crippen LogP contribution is 2.38. The van der Waals surface area contributed by atoms with Crippen LogP contribution in [-0.2, 0) is 19.3 Å². The van der Waals surface area contributed by atoms with Crippen molar-refractivity contribution >= 4 is 17.1 Å². The fourth-order valence-electron chi connectivity index (χ4n) is 2.47. The van der Waals surface area contributed by atoms with Crippen LogP contribution in [-0.4, -0.2) is 5.78 Å². The van der Waals surface area contributed by atoms with Crippen LogP contribution in [0, 0.1) is 0 Å². The largest absolute Gasteiger partial charge is 0.293 e. The SMILES string of the molecule is O=C1CCc2c1sc1c2CCCC1. The minimum Gasteiger partial charge on any atom is -0.293 e. The first-order valence-electron chi connectivity index (χ1n) is 5.03. The van der Waals surface area contributed by atoms with Crippen molar-refractivity contribution in [3.8, 4) is 0 Å². The van der Waals surface area contributed by atoms with Gasteiger partial charge in [0.05, 0.1) is 4.88 Å². The van der Waals surface area contributed by atoms with Gasteiger partial charge in [-0.05, 0) is 43.2 Å². The summed E-state index contributed by atoms with van der Waals surface area (Å²) in [4.78, 5) is 14.1. The molecule has 0 atom stereocenters. The molecule has 0 spiro atoms. The molecule has 2 heteroatoms. The van der Waals surface area contributed by atoms with Crippen LogP contribution in [0.5, 0.6) is 0 Å². The maximum atomic E-state index is 11.5. The van der Waals surface area contributed by atoms with Crippen molar-refractivity contribution in [2.24, 2.45) is 0 Å². The summed E-state index contributed by atoms with van der Waals surface area (Å²) in [6.45, 7) is 0. The van der Waals surface area contributed by atoms with E-state index in [2.05, 4.69) is 0 Å². The lowest BCUT2D eigenvalue weighted by atomic mass is 9.95. The molecule has 0 N–H and O–H groups in total. The van der Waals surface area contributed by atoms with Gasteiger partial charge >= 0.3 is 0 Å². The van der Waals surface area contributed by atoms with Gasteiger partial charge in [0.15, 0.2) is 5.78 Å². The summed E-state index contributed by atoms with van der Waals surface area (Å²) < 4.78 is 0. The predicted octanol–water partition coefficient (Wildman–Crippen LogP) is 2.76. The van der Waals surface area contributed by atoms with Gasteiger partial charge in [-0.2, -0.15) is 0 Å². The van der Waals surface area contributed by atoms with Crippen LogP contribution in [0.15, 0.2) is 0 Å². The van der Waals surface area contributed by atoms with Gasteiger partial charge in [0.1, 0.15) is 0 Å². The van der Waals surface area contributed by atoms with Crippen LogP contribution in [0.3, 0.4) is 0 Å². The number of hydrogen-bond acceptors (Lipinski definition) is 2. The van der Waals surface area contributed by atoms with Gasteiger partial charge in [-0.1, -0.05) is 0 Å². The van der Waals surface area contributed by atoms with Gasteiger partial charge in [-0.25, -0.2) is 0 Å². The quantitative estimate of drug-likeness (QED) is 0.617. The summed E-state index contributed by atoms with van der Waals surface area (Å²) in [7, 11) is 0. The lowest BCUT2D eigenvalue weighted by Gasteiger charge is -2.11. The van der Waals surface area contributed by atoms with Crippen LogP contribution >= 0.6 is 11.3 Å². The van der Waals surface area contributed by atoms with Crippen molar-refractivity contribution in [1.29, 1.82) is 0 Å². The Morgan fingerprint density at radius 1 is 0.923 bits per heavy atom. The molecule has 0 unspecified atom stereocenters. The highest BCUT2D eigenvalue weighted by molar-refractivity contribution is 7.14. The topological polar surface area (TPSA) is 17.1 Å². The normalized spacial score (nSPS) is 20.2. The number of carbonyl (C=O) groups is 1. The maximum absolute atomic E-state index is 11.5. The smallest absolute Gasteiger partial charge is 0.173 e. The van der Waals surface area contributed by atoms with Gasteiger partial charge < -0.3 is 0 Å². The number of aryl methyl sites for hydroxylation is 1. The number of thiophene rings is 1. The first kappa shape index (κ1) is 7.74. The average molecular weight is 192 g/mol. The van der Waals surface area contributed by atoms with E-state index in [1.165, 1.54) is 36.1 Å². The molecule has 13 heavy (non-hydrogen) atoms. The zero-order valence-electron chi connectivity index (χ0n) is 7.56. The lowest BCUT2D eigenvalue weighted by Crippen LogP contribution is -2.00. The molecule has 0 aliphatic heterocycles. The standard InChI is InChI=1S/C11H12OS/c12-9-6-5-8-7-3-1-2-4-10(7)13-11(8)9/h1-6H2. The summed E-state index contributed by atoms with van der Waals surface area (Å²) in [5.74, 6) is 0.398. The molecule has 0 bridgehead atoms. The lowest BCUT2D eigenvalue weighted by molar-refractivity contribution is 0.0998. The fourth-order valence-corrected chi connectivity index (χ4v) is 3.88. The number of carbonyl (C=O) groups excluding carboxylic acids is 1. The molecule has 2 aliphatic rings. The van der Waals surface area contributed by atoms with Gasteiger partial charge in [0.2, 0.25) is 0 Å². The molecule has 0 saturated heterocycles. The van der Waals surface area contributed by atoms with Crippen molar-refractivity contribution in [2.75, 3.05) is 0 Å². The molecule has 1 nitrogen and oxygen atoms in total. The molecule has 0 saturated carbocycles. The Kier molecular flexibility index (Phi) is 1.59. The van der Waals surface area contributed by atoms with Gasteiger partial charge in [-0.3, -0.25) is 4.79 Å². The van der Waals surface area contributed by atoms with Crippen LogP contribution in [0.2, 0.25) is 0 Å². The van der Waals surface area contributed by atoms with E-state index < -0.39 is 0 Å². The first-order chi connectivity index (χ1) is 6.36. The second kappa shape index (κ2) is 2.68. The molecular formula is C11H12OS. The van der Waals surface area contributed by atoms with Crippen molar-refractivity contribution in [1.82, 2.24) is 0 Å². The molecule has 1 aromatic rings. The molecule has 1 heterocycles. The number of ketones is 1. The number of fused-ring (bicyclic) bond motifs is 3. The van der Waals surface area contributed by atoms with E-state index in [-0.39, 0.29) is 0 Å². The third-order valence-corrected chi connectivity index (χ3v) is 4.51. The Labute approximate surface area is 81.8 Å². The van der Waals surface area contributed by atoms with Crippen molar-refractivity contribution in [3.05, 3.63) is 20.9 Å². The fraction of sp³-hybridized carbons (Fsp3) is 0.545. The minimum atomic E-state index is 0.398. The van der Waals surface area contributed by atoms with Crippen molar-refractivity contribution < 1.29 is 4.79 Å². The molecule has 0 amide bonds. The van der Waals surface area contributed by atoms with Gasteiger partial charge in [0.25, 0.3) is 0 Å². The zero-order valence-corrected chi connectivity index (χ0v) is 8.38. The van der Waals surface area contributed by atoms with E-state index in [0.29, 0.717) is 5.78 Å². The zero-order chi connectivity index (χ0) is 8.84. The Morgan fingerprint density at radius 3 is 2.69 bits per heavy atom. The highest BCUT2D eigenvalue weighted by atomic mass is 32.1. The molecule has 0 fully saturated rings. The Balaban J connectivity index is 2.18. The minimum absolute atomic E-state index is 0.398. The van der Waals surface area contributed by atoms with Crippen molar-refractivity contribution in [2.45, 2.75) is 38.5 Å². The molecule has 68 valence electrons. The number of rotatable bonds is 0. The second-order valence-corrected chi connectivity index (χ2v) is 5.05. The van der Waals surface area contributed by atoms with Crippen LogP contribution in [0.4, 0.5) is 0 Å². The summed E-state index contributed by atoms with van der Waals surface area (Å²) >= 11 is 1.78. The molecule has 1 aromatic heterocycles. The third kappa shape index (κ3) is 1.01.